The number of rotatable bonds is 7. The fourth-order valence-corrected chi connectivity index (χ4v) is 3.75. The Kier molecular flexibility index (Phi) is 5.48. The van der Waals surface area contributed by atoms with Crippen LogP contribution >= 0.6 is 0 Å². The maximum atomic E-state index is 13.1. The first-order chi connectivity index (χ1) is 12.9. The molecule has 1 fully saturated rings. The van der Waals surface area contributed by atoms with Crippen molar-refractivity contribution in [1.29, 1.82) is 0 Å². The van der Waals surface area contributed by atoms with Gasteiger partial charge < -0.3 is 9.64 Å². The van der Waals surface area contributed by atoms with Crippen molar-refractivity contribution in [3.05, 3.63) is 59.4 Å². The molecule has 1 N–H and O–H groups in total. The van der Waals surface area contributed by atoms with E-state index in [1.54, 1.807) is 23.1 Å². The average Bonchev–Trinajstić information content (AvgIpc) is 3.51. The van der Waals surface area contributed by atoms with Crippen molar-refractivity contribution in [3.8, 4) is 5.75 Å². The number of ether oxygens (including phenoxy) is 1. The SMILES string of the molecule is CNS(=O)(=O)c1cc(C(=O)N(Cc2ccc(F)cc2)C2CC2)ccc1OC. The van der Waals surface area contributed by atoms with E-state index in [1.165, 1.54) is 38.4 Å². The van der Waals surface area contributed by atoms with Crippen LogP contribution in [0.15, 0.2) is 47.4 Å². The molecule has 2 aromatic carbocycles. The van der Waals surface area contributed by atoms with Crippen LogP contribution in [0.3, 0.4) is 0 Å². The van der Waals surface area contributed by atoms with Crippen molar-refractivity contribution >= 4 is 15.9 Å². The van der Waals surface area contributed by atoms with Crippen molar-refractivity contribution < 1.29 is 22.3 Å². The molecule has 1 saturated carbocycles. The van der Waals surface area contributed by atoms with E-state index < -0.39 is 10.0 Å². The lowest BCUT2D eigenvalue weighted by molar-refractivity contribution is 0.0729. The van der Waals surface area contributed by atoms with Crippen molar-refractivity contribution in [1.82, 2.24) is 9.62 Å². The maximum Gasteiger partial charge on any atom is 0.254 e. The molecule has 3 rings (SSSR count). The Balaban J connectivity index is 1.92. The predicted molar refractivity (Wildman–Crippen MR) is 98.5 cm³/mol. The predicted octanol–water partition coefficient (Wildman–Crippen LogP) is 2.55. The lowest BCUT2D eigenvalue weighted by atomic mass is 10.1. The quantitative estimate of drug-likeness (QED) is 0.786. The van der Waals surface area contributed by atoms with Gasteiger partial charge in [-0.1, -0.05) is 12.1 Å². The summed E-state index contributed by atoms with van der Waals surface area (Å²) in [5.74, 6) is -0.436. The molecule has 0 aromatic heterocycles. The highest BCUT2D eigenvalue weighted by atomic mass is 32.2. The van der Waals surface area contributed by atoms with E-state index in [-0.39, 0.29) is 34.0 Å². The second kappa shape index (κ2) is 7.66. The van der Waals surface area contributed by atoms with Crippen LogP contribution in [0.5, 0.6) is 5.75 Å². The fourth-order valence-electron chi connectivity index (χ4n) is 2.83. The van der Waals surface area contributed by atoms with E-state index in [2.05, 4.69) is 4.72 Å². The highest BCUT2D eigenvalue weighted by molar-refractivity contribution is 7.89. The lowest BCUT2D eigenvalue weighted by Gasteiger charge is -2.23. The summed E-state index contributed by atoms with van der Waals surface area (Å²) in [5, 5.41) is 0. The first-order valence-electron chi connectivity index (χ1n) is 8.52. The minimum atomic E-state index is -3.78. The molecule has 1 aliphatic carbocycles. The molecule has 1 aliphatic rings. The van der Waals surface area contributed by atoms with Crippen molar-refractivity contribution in [3.63, 3.8) is 0 Å². The van der Waals surface area contributed by atoms with Crippen LogP contribution in [0.4, 0.5) is 4.39 Å². The average molecular weight is 392 g/mol. The molecule has 0 spiro atoms. The third kappa shape index (κ3) is 4.28. The first-order valence-corrected chi connectivity index (χ1v) is 10.0. The maximum absolute atomic E-state index is 13.1. The van der Waals surface area contributed by atoms with Gasteiger partial charge in [0.1, 0.15) is 16.5 Å². The zero-order chi connectivity index (χ0) is 19.6. The smallest absolute Gasteiger partial charge is 0.254 e. The summed E-state index contributed by atoms with van der Waals surface area (Å²) < 4.78 is 45.0. The van der Waals surface area contributed by atoms with Gasteiger partial charge in [0, 0.05) is 18.2 Å². The van der Waals surface area contributed by atoms with Crippen LogP contribution in [0, 0.1) is 5.82 Å². The van der Waals surface area contributed by atoms with Crippen LogP contribution in [0.1, 0.15) is 28.8 Å². The zero-order valence-corrected chi connectivity index (χ0v) is 15.9. The van der Waals surface area contributed by atoms with Crippen LogP contribution in [0.2, 0.25) is 0 Å². The second-order valence-electron chi connectivity index (χ2n) is 6.36. The van der Waals surface area contributed by atoms with Gasteiger partial charge in [0.15, 0.2) is 0 Å². The number of carbonyl (C=O) groups excluding carboxylic acids is 1. The molecule has 0 aliphatic heterocycles. The van der Waals surface area contributed by atoms with Gasteiger partial charge in [-0.15, -0.1) is 0 Å². The normalized spacial score (nSPS) is 14.0. The molecule has 8 heteroatoms. The van der Waals surface area contributed by atoms with Crippen molar-refractivity contribution in [2.75, 3.05) is 14.2 Å². The van der Waals surface area contributed by atoms with E-state index in [9.17, 15) is 17.6 Å². The van der Waals surface area contributed by atoms with E-state index >= 15 is 0 Å². The topological polar surface area (TPSA) is 75.7 Å². The molecule has 0 atom stereocenters. The largest absolute Gasteiger partial charge is 0.495 e. The van der Waals surface area contributed by atoms with E-state index in [1.807, 2.05) is 0 Å². The number of halogens is 1. The Bertz CT molecular complexity index is 941. The van der Waals surface area contributed by atoms with Crippen LogP contribution < -0.4 is 9.46 Å². The van der Waals surface area contributed by atoms with Crippen LogP contribution in [0.25, 0.3) is 0 Å². The number of nitrogens with one attached hydrogen (secondary N) is 1. The molecule has 1 amide bonds. The van der Waals surface area contributed by atoms with Gasteiger partial charge in [0.25, 0.3) is 5.91 Å². The standard InChI is InChI=1S/C19H21FN2O4S/c1-21-27(24,25)18-11-14(5-10-17(18)26-2)19(23)22(16-8-9-16)12-13-3-6-15(20)7-4-13/h3-7,10-11,16,21H,8-9,12H2,1-2H3. The summed E-state index contributed by atoms with van der Waals surface area (Å²) in [6.07, 6.45) is 1.79. The minimum absolute atomic E-state index is 0.0871. The molecular weight excluding hydrogens is 371 g/mol. The molecule has 2 aromatic rings. The Morgan fingerprint density at radius 1 is 1.22 bits per heavy atom. The monoisotopic (exact) mass is 392 g/mol. The molecule has 6 nitrogen and oxygen atoms in total. The molecule has 144 valence electrons. The number of sulfonamides is 1. The number of benzene rings is 2. The number of hydrogen-bond donors (Lipinski definition) is 1. The van der Waals surface area contributed by atoms with Gasteiger partial charge in [-0.2, -0.15) is 0 Å². The van der Waals surface area contributed by atoms with Crippen molar-refractivity contribution in [2.45, 2.75) is 30.3 Å². The summed E-state index contributed by atoms with van der Waals surface area (Å²) in [5.41, 5.74) is 1.08. The molecule has 0 radical (unpaired) electrons. The number of carbonyl (C=O) groups is 1. The van der Waals surface area contributed by atoms with Crippen molar-refractivity contribution in [2.24, 2.45) is 0 Å². The number of amides is 1. The third-order valence-electron chi connectivity index (χ3n) is 4.48. The lowest BCUT2D eigenvalue weighted by Crippen LogP contribution is -2.33. The van der Waals surface area contributed by atoms with E-state index in [0.29, 0.717) is 6.54 Å². The van der Waals surface area contributed by atoms with Crippen LogP contribution in [-0.4, -0.2) is 39.4 Å². The summed E-state index contributed by atoms with van der Waals surface area (Å²) in [4.78, 5) is 14.7. The van der Waals surface area contributed by atoms with E-state index in [0.717, 1.165) is 18.4 Å². The van der Waals surface area contributed by atoms with Gasteiger partial charge in [-0.05, 0) is 55.8 Å². The number of nitrogens with zero attached hydrogens (tertiary/aromatic N) is 1. The number of methoxy groups -OCH3 is 1. The third-order valence-corrected chi connectivity index (χ3v) is 5.92. The summed E-state index contributed by atoms with van der Waals surface area (Å²) >= 11 is 0. The van der Waals surface area contributed by atoms with Gasteiger partial charge in [0.2, 0.25) is 10.0 Å². The number of hydrogen-bond acceptors (Lipinski definition) is 4. The zero-order valence-electron chi connectivity index (χ0n) is 15.1. The minimum Gasteiger partial charge on any atom is -0.495 e. The summed E-state index contributed by atoms with van der Waals surface area (Å²) in [6.45, 7) is 0.337. The molecule has 27 heavy (non-hydrogen) atoms. The van der Waals surface area contributed by atoms with Crippen LogP contribution in [-0.2, 0) is 16.6 Å². The summed E-state index contributed by atoms with van der Waals surface area (Å²) in [7, 11) is -1.11. The van der Waals surface area contributed by atoms with Gasteiger partial charge >= 0.3 is 0 Å². The Labute approximate surface area is 158 Å². The highest BCUT2D eigenvalue weighted by Crippen LogP contribution is 2.31. The van der Waals surface area contributed by atoms with E-state index in [4.69, 9.17) is 4.74 Å². The molecule has 0 bridgehead atoms. The molecule has 0 saturated heterocycles. The fraction of sp³-hybridized carbons (Fsp3) is 0.316. The molecular formula is C19H21FN2O4S. The molecule has 0 unspecified atom stereocenters. The Morgan fingerprint density at radius 2 is 1.89 bits per heavy atom. The second-order valence-corrected chi connectivity index (χ2v) is 8.22. The first kappa shape index (κ1) is 19.3. The Morgan fingerprint density at radius 3 is 2.44 bits per heavy atom. The van der Waals surface area contributed by atoms with Gasteiger partial charge in [-0.3, -0.25) is 4.79 Å². The van der Waals surface area contributed by atoms with Gasteiger partial charge in [-0.25, -0.2) is 17.5 Å². The molecule has 0 heterocycles. The highest BCUT2D eigenvalue weighted by Gasteiger charge is 2.33. The Hall–Kier alpha value is -2.45. The summed E-state index contributed by atoms with van der Waals surface area (Å²) in [6, 6.07) is 10.5. The van der Waals surface area contributed by atoms with Gasteiger partial charge in [0.05, 0.1) is 7.11 Å².